The Morgan fingerprint density at radius 3 is 2.88 bits per heavy atom. The van der Waals surface area contributed by atoms with Crippen molar-refractivity contribution >= 4 is 22.6 Å². The van der Waals surface area contributed by atoms with Gasteiger partial charge in [-0.1, -0.05) is 6.07 Å². The number of hydrogen-bond acceptors (Lipinski definition) is 4. The van der Waals surface area contributed by atoms with Gasteiger partial charge in [0.05, 0.1) is 17.1 Å². The third-order valence-electron chi connectivity index (χ3n) is 4.83. The van der Waals surface area contributed by atoms with E-state index in [1.54, 1.807) is 24.4 Å². The zero-order valence-corrected chi connectivity index (χ0v) is 14.5. The lowest BCUT2D eigenvalue weighted by atomic mass is 10.1. The Morgan fingerprint density at radius 2 is 2.08 bits per heavy atom. The Hall–Kier alpha value is -2.80. The zero-order chi connectivity index (χ0) is 18.1. The van der Waals surface area contributed by atoms with Crippen LogP contribution < -0.4 is 5.32 Å². The SMILES string of the molecule is CN1CCC(n2ccc(NC(=O)c3cc(F)cc4cccnc34)n2)CC1. The lowest BCUT2D eigenvalue weighted by Gasteiger charge is -2.28. The summed E-state index contributed by atoms with van der Waals surface area (Å²) in [5.74, 6) is -0.420. The Balaban J connectivity index is 1.54. The van der Waals surface area contributed by atoms with E-state index in [0.29, 0.717) is 22.8 Å². The van der Waals surface area contributed by atoms with Gasteiger partial charge in [0.25, 0.3) is 5.91 Å². The molecule has 0 unspecified atom stereocenters. The number of pyridine rings is 1. The number of hydrogen-bond donors (Lipinski definition) is 1. The summed E-state index contributed by atoms with van der Waals surface area (Å²) in [4.78, 5) is 19.1. The van der Waals surface area contributed by atoms with Crippen LogP contribution in [0.3, 0.4) is 0 Å². The molecule has 1 amide bonds. The van der Waals surface area contributed by atoms with Gasteiger partial charge in [0.1, 0.15) is 5.82 Å². The fourth-order valence-electron chi connectivity index (χ4n) is 3.38. The summed E-state index contributed by atoms with van der Waals surface area (Å²) in [5, 5.41) is 7.83. The fraction of sp³-hybridized carbons (Fsp3) is 0.316. The number of halogens is 1. The summed E-state index contributed by atoms with van der Waals surface area (Å²) in [6.45, 7) is 2.07. The molecule has 1 aliphatic rings. The van der Waals surface area contributed by atoms with Crippen LogP contribution >= 0.6 is 0 Å². The molecule has 0 saturated carbocycles. The molecule has 0 bridgehead atoms. The van der Waals surface area contributed by atoms with Gasteiger partial charge in [-0.25, -0.2) is 4.39 Å². The zero-order valence-electron chi connectivity index (χ0n) is 14.5. The van der Waals surface area contributed by atoms with Crippen molar-refractivity contribution in [3.8, 4) is 0 Å². The van der Waals surface area contributed by atoms with Crippen LogP contribution in [0.1, 0.15) is 29.2 Å². The third kappa shape index (κ3) is 3.30. The van der Waals surface area contributed by atoms with E-state index >= 15 is 0 Å². The molecule has 134 valence electrons. The molecule has 2 aromatic heterocycles. The van der Waals surface area contributed by atoms with Crippen LogP contribution in [-0.4, -0.2) is 45.7 Å². The number of benzene rings is 1. The Morgan fingerprint density at radius 1 is 1.27 bits per heavy atom. The van der Waals surface area contributed by atoms with Crippen LogP contribution in [0.5, 0.6) is 0 Å². The van der Waals surface area contributed by atoms with E-state index in [2.05, 4.69) is 27.3 Å². The standard InChI is InChI=1S/C19H20FN5O/c1-24-8-4-15(5-9-24)25-10-6-17(23-25)22-19(26)16-12-14(20)11-13-3-2-7-21-18(13)16/h2-3,6-7,10-12,15H,4-5,8-9H2,1H3,(H,22,23,26). The molecule has 0 atom stereocenters. The number of rotatable bonds is 3. The minimum Gasteiger partial charge on any atom is -0.306 e. The Kier molecular flexibility index (Phi) is 4.38. The van der Waals surface area contributed by atoms with Crippen LogP contribution in [-0.2, 0) is 0 Å². The molecule has 1 aromatic carbocycles. The molecule has 4 rings (SSSR count). The predicted octanol–water partition coefficient (Wildman–Crippen LogP) is 3.09. The van der Waals surface area contributed by atoms with Gasteiger partial charge in [-0.15, -0.1) is 0 Å². The van der Waals surface area contributed by atoms with Gasteiger partial charge in [-0.2, -0.15) is 5.10 Å². The van der Waals surface area contributed by atoms with Gasteiger partial charge < -0.3 is 10.2 Å². The van der Waals surface area contributed by atoms with Crippen LogP contribution in [0.4, 0.5) is 10.2 Å². The predicted molar refractivity (Wildman–Crippen MR) is 97.6 cm³/mol. The number of carbonyl (C=O) groups excluding carboxylic acids is 1. The highest BCUT2D eigenvalue weighted by Gasteiger charge is 2.20. The van der Waals surface area contributed by atoms with Crippen LogP contribution in [0.15, 0.2) is 42.7 Å². The van der Waals surface area contributed by atoms with Crippen molar-refractivity contribution in [2.45, 2.75) is 18.9 Å². The highest BCUT2D eigenvalue weighted by atomic mass is 19.1. The number of amides is 1. The average molecular weight is 353 g/mol. The number of nitrogens with zero attached hydrogens (tertiary/aromatic N) is 4. The maximum Gasteiger partial charge on any atom is 0.259 e. The van der Waals surface area contributed by atoms with E-state index < -0.39 is 11.7 Å². The van der Waals surface area contributed by atoms with Gasteiger partial charge in [-0.05, 0) is 51.2 Å². The number of anilines is 1. The topological polar surface area (TPSA) is 63.0 Å². The minimum atomic E-state index is -0.465. The molecule has 0 spiro atoms. The molecule has 1 N–H and O–H groups in total. The molecule has 0 radical (unpaired) electrons. The number of nitrogens with one attached hydrogen (secondary N) is 1. The van der Waals surface area contributed by atoms with Crippen molar-refractivity contribution in [1.82, 2.24) is 19.7 Å². The third-order valence-corrected chi connectivity index (χ3v) is 4.83. The summed E-state index contributed by atoms with van der Waals surface area (Å²) in [7, 11) is 2.11. The molecule has 26 heavy (non-hydrogen) atoms. The minimum absolute atomic E-state index is 0.203. The second-order valence-electron chi connectivity index (χ2n) is 6.70. The van der Waals surface area contributed by atoms with Crippen molar-refractivity contribution in [2.24, 2.45) is 0 Å². The molecule has 0 aliphatic carbocycles. The van der Waals surface area contributed by atoms with E-state index in [9.17, 15) is 9.18 Å². The molecule has 3 heterocycles. The summed E-state index contributed by atoms with van der Waals surface area (Å²) in [5.41, 5.74) is 0.676. The number of carbonyl (C=O) groups is 1. The fourth-order valence-corrected chi connectivity index (χ4v) is 3.38. The quantitative estimate of drug-likeness (QED) is 0.786. The van der Waals surface area contributed by atoms with Crippen molar-refractivity contribution in [3.63, 3.8) is 0 Å². The maximum atomic E-state index is 13.8. The maximum absolute atomic E-state index is 13.8. The molecule has 1 aliphatic heterocycles. The van der Waals surface area contributed by atoms with Crippen LogP contribution in [0.25, 0.3) is 10.9 Å². The largest absolute Gasteiger partial charge is 0.306 e. The summed E-state index contributed by atoms with van der Waals surface area (Å²) in [6.07, 6.45) is 5.54. The van der Waals surface area contributed by atoms with Gasteiger partial charge in [0, 0.05) is 23.8 Å². The summed E-state index contributed by atoms with van der Waals surface area (Å²) in [6, 6.07) is 8.13. The molecule has 6 nitrogen and oxygen atoms in total. The van der Waals surface area contributed by atoms with Gasteiger partial charge in [0.15, 0.2) is 5.82 Å². The highest BCUT2D eigenvalue weighted by molar-refractivity contribution is 6.11. The number of piperidine rings is 1. The van der Waals surface area contributed by atoms with E-state index in [-0.39, 0.29) is 5.56 Å². The smallest absolute Gasteiger partial charge is 0.259 e. The van der Waals surface area contributed by atoms with E-state index in [0.717, 1.165) is 25.9 Å². The van der Waals surface area contributed by atoms with Crippen molar-refractivity contribution in [2.75, 3.05) is 25.5 Å². The number of aromatic nitrogens is 3. The van der Waals surface area contributed by atoms with Crippen molar-refractivity contribution in [1.29, 1.82) is 0 Å². The normalized spacial score (nSPS) is 16.1. The summed E-state index contributed by atoms with van der Waals surface area (Å²) < 4.78 is 15.8. The van der Waals surface area contributed by atoms with Gasteiger partial charge in [-0.3, -0.25) is 14.5 Å². The van der Waals surface area contributed by atoms with E-state index in [1.807, 2.05) is 10.9 Å². The van der Waals surface area contributed by atoms with Crippen LogP contribution in [0.2, 0.25) is 0 Å². The van der Waals surface area contributed by atoms with Crippen molar-refractivity contribution in [3.05, 3.63) is 54.1 Å². The lowest BCUT2D eigenvalue weighted by molar-refractivity contribution is 0.102. The number of likely N-dealkylation sites (tertiary alicyclic amines) is 1. The first-order chi connectivity index (χ1) is 12.6. The van der Waals surface area contributed by atoms with Gasteiger partial charge in [0.2, 0.25) is 0 Å². The Bertz CT molecular complexity index is 946. The van der Waals surface area contributed by atoms with Crippen molar-refractivity contribution < 1.29 is 9.18 Å². The number of fused-ring (bicyclic) bond motifs is 1. The monoisotopic (exact) mass is 353 g/mol. The molecule has 1 saturated heterocycles. The van der Waals surface area contributed by atoms with E-state index in [1.165, 1.54) is 12.1 Å². The first-order valence-corrected chi connectivity index (χ1v) is 8.69. The molecule has 7 heteroatoms. The second kappa shape index (κ2) is 6.84. The Labute approximate surface area is 150 Å². The van der Waals surface area contributed by atoms with Gasteiger partial charge >= 0.3 is 0 Å². The average Bonchev–Trinajstić information content (AvgIpc) is 3.10. The van der Waals surface area contributed by atoms with Crippen LogP contribution in [0, 0.1) is 5.82 Å². The molecule has 1 fully saturated rings. The molecular weight excluding hydrogens is 333 g/mol. The second-order valence-corrected chi connectivity index (χ2v) is 6.70. The lowest BCUT2D eigenvalue weighted by Crippen LogP contribution is -2.31. The first kappa shape index (κ1) is 16.7. The highest BCUT2D eigenvalue weighted by Crippen LogP contribution is 2.23. The summed E-state index contributed by atoms with van der Waals surface area (Å²) >= 11 is 0. The first-order valence-electron chi connectivity index (χ1n) is 8.69. The van der Waals surface area contributed by atoms with E-state index in [4.69, 9.17) is 0 Å². The molecule has 3 aromatic rings. The molecular formula is C19H20FN5O.